The minimum absolute atomic E-state index is 0.853. The summed E-state index contributed by atoms with van der Waals surface area (Å²) in [6, 6.07) is 14.7. The quantitative estimate of drug-likeness (QED) is 0.714. The molecule has 0 aliphatic carbocycles. The largest absolute Gasteiger partial charge is 0.381 e. The normalized spacial score (nSPS) is 10.7. The number of anilines is 1. The third-order valence-corrected chi connectivity index (χ3v) is 3.54. The third kappa shape index (κ3) is 3.37. The van der Waals surface area contributed by atoms with Gasteiger partial charge < -0.3 is 14.5 Å². The van der Waals surface area contributed by atoms with Crippen molar-refractivity contribution >= 4 is 5.69 Å². The molecule has 0 aliphatic rings. The Hall–Kier alpha value is -2.42. The highest BCUT2D eigenvalue weighted by molar-refractivity contribution is 5.51. The predicted octanol–water partition coefficient (Wildman–Crippen LogP) is 4.30. The molecule has 0 spiro atoms. The summed E-state index contributed by atoms with van der Waals surface area (Å²) in [5.41, 5.74) is 3.63. The highest BCUT2D eigenvalue weighted by Crippen LogP contribution is 2.16. The van der Waals surface area contributed by atoms with Gasteiger partial charge in [0.15, 0.2) is 0 Å². The van der Waals surface area contributed by atoms with E-state index in [2.05, 4.69) is 76.5 Å². The molecule has 2 aromatic heterocycles. The average Bonchev–Trinajstić information content (AvgIpc) is 3.18. The molecule has 0 fully saturated rings. The molecule has 3 rings (SSSR count). The highest BCUT2D eigenvalue weighted by atomic mass is 15.0. The zero-order valence-corrected chi connectivity index (χ0v) is 12.4. The van der Waals surface area contributed by atoms with Crippen molar-refractivity contribution in [3.05, 3.63) is 72.8 Å². The first-order chi connectivity index (χ1) is 10.3. The van der Waals surface area contributed by atoms with Crippen LogP contribution in [0.5, 0.6) is 0 Å². The second-order valence-corrected chi connectivity index (χ2v) is 5.25. The van der Waals surface area contributed by atoms with E-state index in [4.69, 9.17) is 0 Å². The van der Waals surface area contributed by atoms with E-state index in [1.807, 2.05) is 12.1 Å². The molecular formula is C18H21N3. The molecule has 1 aromatic carbocycles. The first kappa shape index (κ1) is 13.6. The summed E-state index contributed by atoms with van der Waals surface area (Å²) in [6.07, 6.45) is 9.65. The molecular weight excluding hydrogens is 258 g/mol. The van der Waals surface area contributed by atoms with Crippen molar-refractivity contribution in [2.24, 2.45) is 0 Å². The van der Waals surface area contributed by atoms with E-state index in [1.165, 1.54) is 17.7 Å². The number of hydrogen-bond donors (Lipinski definition) is 1. The van der Waals surface area contributed by atoms with E-state index in [0.29, 0.717) is 0 Å². The van der Waals surface area contributed by atoms with E-state index in [1.54, 1.807) is 0 Å². The van der Waals surface area contributed by atoms with Crippen LogP contribution < -0.4 is 5.32 Å². The fourth-order valence-electron chi connectivity index (χ4n) is 2.48. The maximum atomic E-state index is 3.49. The van der Waals surface area contributed by atoms with Gasteiger partial charge in [-0.05, 0) is 48.4 Å². The monoisotopic (exact) mass is 279 g/mol. The van der Waals surface area contributed by atoms with Gasteiger partial charge in [0.1, 0.15) is 0 Å². The fourth-order valence-corrected chi connectivity index (χ4v) is 2.48. The van der Waals surface area contributed by atoms with Crippen LogP contribution in [0.1, 0.15) is 18.9 Å². The Labute approximate surface area is 125 Å². The van der Waals surface area contributed by atoms with Crippen LogP contribution in [0, 0.1) is 0 Å². The second kappa shape index (κ2) is 6.35. The minimum atomic E-state index is 0.853. The van der Waals surface area contributed by atoms with Crippen molar-refractivity contribution in [3.8, 4) is 5.69 Å². The molecule has 21 heavy (non-hydrogen) atoms. The van der Waals surface area contributed by atoms with Crippen LogP contribution in [-0.2, 0) is 13.1 Å². The lowest BCUT2D eigenvalue weighted by atomic mass is 10.2. The van der Waals surface area contributed by atoms with Crippen molar-refractivity contribution in [1.82, 2.24) is 9.13 Å². The molecule has 3 heteroatoms. The number of aromatic nitrogens is 2. The molecule has 0 saturated carbocycles. The molecule has 3 nitrogen and oxygen atoms in total. The number of aryl methyl sites for hydroxylation is 1. The lowest BCUT2D eigenvalue weighted by Gasteiger charge is -2.08. The van der Waals surface area contributed by atoms with Crippen LogP contribution in [0.4, 0.5) is 5.69 Å². The molecule has 0 atom stereocenters. The Morgan fingerprint density at radius 1 is 1.00 bits per heavy atom. The van der Waals surface area contributed by atoms with Crippen LogP contribution in [0.15, 0.2) is 67.3 Å². The first-order valence-corrected chi connectivity index (χ1v) is 7.47. The van der Waals surface area contributed by atoms with Crippen molar-refractivity contribution in [3.63, 3.8) is 0 Å². The van der Waals surface area contributed by atoms with Crippen molar-refractivity contribution in [2.45, 2.75) is 26.4 Å². The van der Waals surface area contributed by atoms with Gasteiger partial charge in [-0.15, -0.1) is 0 Å². The second-order valence-electron chi connectivity index (χ2n) is 5.25. The predicted molar refractivity (Wildman–Crippen MR) is 87.8 cm³/mol. The summed E-state index contributed by atoms with van der Waals surface area (Å²) in [5, 5.41) is 3.49. The van der Waals surface area contributed by atoms with Gasteiger partial charge >= 0.3 is 0 Å². The SMILES string of the molecule is CCCn1ccc(CNc2cccc(-n3cccc3)c2)c1. The van der Waals surface area contributed by atoms with Crippen LogP contribution in [0.3, 0.4) is 0 Å². The summed E-state index contributed by atoms with van der Waals surface area (Å²) in [6.45, 7) is 4.14. The third-order valence-electron chi connectivity index (χ3n) is 3.54. The zero-order valence-electron chi connectivity index (χ0n) is 12.4. The molecule has 108 valence electrons. The molecule has 0 bridgehead atoms. The van der Waals surface area contributed by atoms with E-state index in [-0.39, 0.29) is 0 Å². The molecule has 0 radical (unpaired) electrons. The number of benzene rings is 1. The van der Waals surface area contributed by atoms with Gasteiger partial charge in [0, 0.05) is 49.3 Å². The number of nitrogens with one attached hydrogen (secondary N) is 1. The van der Waals surface area contributed by atoms with Crippen molar-refractivity contribution in [1.29, 1.82) is 0 Å². The van der Waals surface area contributed by atoms with Gasteiger partial charge in [-0.2, -0.15) is 0 Å². The molecule has 0 saturated heterocycles. The van der Waals surface area contributed by atoms with Crippen molar-refractivity contribution in [2.75, 3.05) is 5.32 Å². The Bertz CT molecular complexity index is 680. The average molecular weight is 279 g/mol. The van der Waals surface area contributed by atoms with Gasteiger partial charge in [-0.25, -0.2) is 0 Å². The van der Waals surface area contributed by atoms with Gasteiger partial charge in [0.2, 0.25) is 0 Å². The summed E-state index contributed by atoms with van der Waals surface area (Å²) >= 11 is 0. The maximum Gasteiger partial charge on any atom is 0.0469 e. The lowest BCUT2D eigenvalue weighted by Crippen LogP contribution is -2.00. The number of hydrogen-bond acceptors (Lipinski definition) is 1. The molecule has 0 aliphatic heterocycles. The van der Waals surface area contributed by atoms with E-state index in [9.17, 15) is 0 Å². The zero-order chi connectivity index (χ0) is 14.5. The van der Waals surface area contributed by atoms with Crippen LogP contribution in [0.25, 0.3) is 5.69 Å². The summed E-state index contributed by atoms with van der Waals surface area (Å²) in [5.74, 6) is 0. The highest BCUT2D eigenvalue weighted by Gasteiger charge is 1.99. The number of rotatable bonds is 6. The van der Waals surface area contributed by atoms with Gasteiger partial charge in [-0.3, -0.25) is 0 Å². The fraction of sp³-hybridized carbons (Fsp3) is 0.222. The van der Waals surface area contributed by atoms with E-state index < -0.39 is 0 Å². The van der Waals surface area contributed by atoms with Crippen LogP contribution in [-0.4, -0.2) is 9.13 Å². The maximum absolute atomic E-state index is 3.49. The minimum Gasteiger partial charge on any atom is -0.381 e. The summed E-state index contributed by atoms with van der Waals surface area (Å²) in [4.78, 5) is 0. The number of nitrogens with zero attached hydrogens (tertiary/aromatic N) is 2. The Morgan fingerprint density at radius 2 is 1.86 bits per heavy atom. The first-order valence-electron chi connectivity index (χ1n) is 7.47. The lowest BCUT2D eigenvalue weighted by molar-refractivity contribution is 0.682. The van der Waals surface area contributed by atoms with E-state index >= 15 is 0 Å². The van der Waals surface area contributed by atoms with Crippen molar-refractivity contribution < 1.29 is 0 Å². The smallest absolute Gasteiger partial charge is 0.0469 e. The molecule has 2 heterocycles. The molecule has 3 aromatic rings. The van der Waals surface area contributed by atoms with Crippen LogP contribution >= 0.6 is 0 Å². The Kier molecular flexibility index (Phi) is 4.10. The Morgan fingerprint density at radius 3 is 2.67 bits per heavy atom. The topological polar surface area (TPSA) is 21.9 Å². The standard InChI is InChI=1S/C18H21N3/c1-2-9-20-12-8-16(15-20)14-19-17-6-5-7-18(13-17)21-10-3-4-11-21/h3-8,10-13,15,19H,2,9,14H2,1H3. The molecule has 0 amide bonds. The molecule has 1 N–H and O–H groups in total. The van der Waals surface area contributed by atoms with Gasteiger partial charge in [0.05, 0.1) is 0 Å². The van der Waals surface area contributed by atoms with Gasteiger partial charge in [-0.1, -0.05) is 13.0 Å². The van der Waals surface area contributed by atoms with Gasteiger partial charge in [0.25, 0.3) is 0 Å². The Balaban J connectivity index is 1.66. The summed E-state index contributed by atoms with van der Waals surface area (Å²) < 4.78 is 4.36. The van der Waals surface area contributed by atoms with Crippen LogP contribution in [0.2, 0.25) is 0 Å². The molecule has 0 unspecified atom stereocenters. The van der Waals surface area contributed by atoms with E-state index in [0.717, 1.165) is 18.8 Å². The summed E-state index contributed by atoms with van der Waals surface area (Å²) in [7, 11) is 0.